The molecule has 0 saturated heterocycles. The molecule has 3 aliphatic carbocycles. The van der Waals surface area contributed by atoms with E-state index < -0.39 is 0 Å². The highest BCUT2D eigenvalue weighted by atomic mass is 15.2. The van der Waals surface area contributed by atoms with Crippen LogP contribution < -0.4 is 9.80 Å². The molecular formula is C81H66N4. The zero-order valence-electron chi connectivity index (χ0n) is 49.5. The molecule has 12 aromatic rings. The highest BCUT2D eigenvalue weighted by Gasteiger charge is 2.39. The molecule has 0 fully saturated rings. The first-order valence-corrected chi connectivity index (χ1v) is 29.9. The SMILES string of the molecule is Cc1cccc(N(c2ccc3c(c2)C(C)(C)c2cc(/C=C/c4ccc5c(c4)C(C)(C)c4cc(/C=C/c6ccc7c(c6)C(C)(C)c6cc(N(c8cccc(C)c8)c8ccc9ccccc9n8)ccc6-7)ccc4-5)ccc2-3)c2ccc3ccccc3n2)c1. The topological polar surface area (TPSA) is 32.3 Å². The van der Waals surface area contributed by atoms with Gasteiger partial charge in [-0.05, 0) is 199 Å². The van der Waals surface area contributed by atoms with Crippen molar-refractivity contribution in [2.24, 2.45) is 0 Å². The number of fused-ring (bicyclic) bond motifs is 11. The van der Waals surface area contributed by atoms with Gasteiger partial charge in [-0.2, -0.15) is 0 Å². The Bertz CT molecular complexity index is 4500. The van der Waals surface area contributed by atoms with E-state index in [9.17, 15) is 0 Å². The molecule has 3 aliphatic rings. The van der Waals surface area contributed by atoms with Crippen LogP contribution in [0.3, 0.4) is 0 Å². The van der Waals surface area contributed by atoms with Crippen molar-refractivity contribution in [3.63, 3.8) is 0 Å². The highest BCUT2D eigenvalue weighted by molar-refractivity contribution is 5.92. The number of hydrogen-bond acceptors (Lipinski definition) is 4. The summed E-state index contributed by atoms with van der Waals surface area (Å²) in [5, 5.41) is 2.26. The van der Waals surface area contributed by atoms with Crippen molar-refractivity contribution in [1.82, 2.24) is 9.97 Å². The van der Waals surface area contributed by atoms with Gasteiger partial charge in [-0.25, -0.2) is 9.97 Å². The van der Waals surface area contributed by atoms with Gasteiger partial charge in [0.15, 0.2) is 0 Å². The Labute approximate surface area is 499 Å². The number of benzene rings is 10. The van der Waals surface area contributed by atoms with Crippen LogP contribution >= 0.6 is 0 Å². The minimum Gasteiger partial charge on any atom is -0.295 e. The van der Waals surface area contributed by atoms with Crippen molar-refractivity contribution < 1.29 is 0 Å². The van der Waals surface area contributed by atoms with Crippen molar-refractivity contribution in [3.8, 4) is 33.4 Å². The van der Waals surface area contributed by atoms with Crippen LogP contribution in [0.15, 0.2) is 231 Å². The Kier molecular flexibility index (Phi) is 12.0. The monoisotopic (exact) mass is 1090 g/mol. The molecule has 4 nitrogen and oxygen atoms in total. The molecule has 4 heteroatoms. The Morgan fingerprint density at radius 2 is 0.588 bits per heavy atom. The van der Waals surface area contributed by atoms with Crippen molar-refractivity contribution in [1.29, 1.82) is 0 Å². The third kappa shape index (κ3) is 8.73. The Morgan fingerprint density at radius 3 is 0.929 bits per heavy atom. The number of para-hydroxylation sites is 2. The molecule has 0 N–H and O–H groups in total. The molecule has 0 aliphatic heterocycles. The van der Waals surface area contributed by atoms with E-state index in [1.54, 1.807) is 0 Å². The molecule has 0 radical (unpaired) electrons. The van der Waals surface area contributed by atoms with Gasteiger partial charge >= 0.3 is 0 Å². The Balaban J connectivity index is 0.667. The predicted octanol–water partition coefficient (Wildman–Crippen LogP) is 21.6. The fourth-order valence-corrected chi connectivity index (χ4v) is 14.1. The summed E-state index contributed by atoms with van der Waals surface area (Å²) in [6.45, 7) is 18.6. The van der Waals surface area contributed by atoms with Gasteiger partial charge in [-0.15, -0.1) is 0 Å². The van der Waals surface area contributed by atoms with Crippen molar-refractivity contribution >= 4 is 80.5 Å². The molecule has 0 spiro atoms. The van der Waals surface area contributed by atoms with E-state index in [1.807, 2.05) is 0 Å². The van der Waals surface area contributed by atoms with E-state index >= 15 is 0 Å². The Hall–Kier alpha value is -9.90. The highest BCUT2D eigenvalue weighted by Crippen LogP contribution is 2.54. The molecule has 410 valence electrons. The maximum Gasteiger partial charge on any atom is 0.138 e. The van der Waals surface area contributed by atoms with Gasteiger partial charge in [-0.3, -0.25) is 9.80 Å². The minimum atomic E-state index is -0.211. The molecule has 0 bridgehead atoms. The average Bonchev–Trinajstić information content (AvgIpc) is 1.72. The molecule has 0 amide bonds. The molecule has 10 aromatic carbocycles. The van der Waals surface area contributed by atoms with Crippen LogP contribution in [-0.2, 0) is 16.2 Å². The van der Waals surface area contributed by atoms with Gasteiger partial charge in [-0.1, -0.05) is 211 Å². The van der Waals surface area contributed by atoms with E-state index in [2.05, 4.69) is 320 Å². The van der Waals surface area contributed by atoms with E-state index in [0.29, 0.717) is 0 Å². The second-order valence-corrected chi connectivity index (χ2v) is 25.3. The second kappa shape index (κ2) is 19.6. The van der Waals surface area contributed by atoms with E-state index in [-0.39, 0.29) is 16.2 Å². The summed E-state index contributed by atoms with van der Waals surface area (Å²) in [4.78, 5) is 15.0. The summed E-state index contributed by atoms with van der Waals surface area (Å²) in [5.74, 6) is 1.80. The third-order valence-corrected chi connectivity index (χ3v) is 18.7. The smallest absolute Gasteiger partial charge is 0.138 e. The summed E-state index contributed by atoms with van der Waals surface area (Å²) in [7, 11) is 0. The molecule has 2 heterocycles. The normalized spacial score (nSPS) is 14.5. The number of pyridine rings is 2. The predicted molar refractivity (Wildman–Crippen MR) is 359 cm³/mol. The van der Waals surface area contributed by atoms with Crippen LogP contribution in [0.5, 0.6) is 0 Å². The summed E-state index contributed by atoms with van der Waals surface area (Å²) in [5.41, 5.74) is 28.9. The van der Waals surface area contributed by atoms with Gasteiger partial charge in [0.2, 0.25) is 0 Å². The molecule has 2 aromatic heterocycles. The van der Waals surface area contributed by atoms with Crippen molar-refractivity contribution in [3.05, 3.63) is 297 Å². The fourth-order valence-electron chi connectivity index (χ4n) is 14.1. The maximum atomic E-state index is 5.19. The van der Waals surface area contributed by atoms with Gasteiger partial charge in [0.25, 0.3) is 0 Å². The van der Waals surface area contributed by atoms with Crippen LogP contribution in [0.1, 0.15) is 108 Å². The fraction of sp³-hybridized carbons (Fsp3) is 0.136. The van der Waals surface area contributed by atoms with Crippen molar-refractivity contribution in [2.75, 3.05) is 9.80 Å². The van der Waals surface area contributed by atoms with Gasteiger partial charge in [0.05, 0.1) is 11.0 Å². The second-order valence-electron chi connectivity index (χ2n) is 25.3. The standard InChI is InChI=1S/C81H66N4/c1-51-15-13-19-59(43-51)84(77-41-31-57-17-9-11-21-75(57)82-77)61-33-39-67-65-37-29-55(47-71(65)80(5,6)73(67)49-61)25-23-53-27-35-63-64-36-28-54(46-70(64)79(3,4)69(63)45-53)24-26-56-30-38-66-68-40-34-62(50-74(68)81(7,8)72(66)48-56)85(60-20-14-16-52(2)44-60)78-42-32-58-18-10-12-22-76(58)83-78/h9-50H,1-8H3/b25-23+,26-24+. The summed E-state index contributed by atoms with van der Waals surface area (Å²) >= 11 is 0. The zero-order chi connectivity index (χ0) is 57.9. The van der Waals surface area contributed by atoms with Gasteiger partial charge < -0.3 is 0 Å². The van der Waals surface area contributed by atoms with Gasteiger partial charge in [0, 0.05) is 49.8 Å². The lowest BCUT2D eigenvalue weighted by Crippen LogP contribution is -2.17. The lowest BCUT2D eigenvalue weighted by molar-refractivity contribution is 0.660. The molecular weight excluding hydrogens is 1030 g/mol. The minimum absolute atomic E-state index is 0.165. The average molecular weight is 1100 g/mol. The molecule has 85 heavy (non-hydrogen) atoms. The van der Waals surface area contributed by atoms with Crippen LogP contribution in [0.2, 0.25) is 0 Å². The van der Waals surface area contributed by atoms with E-state index in [1.165, 1.54) is 100 Å². The maximum absolute atomic E-state index is 5.19. The number of anilines is 6. The summed E-state index contributed by atoms with van der Waals surface area (Å²) in [6.07, 6.45) is 9.16. The summed E-state index contributed by atoms with van der Waals surface area (Å²) < 4.78 is 0. The number of hydrogen-bond donors (Lipinski definition) is 0. The van der Waals surface area contributed by atoms with Crippen LogP contribution in [0.4, 0.5) is 34.4 Å². The third-order valence-electron chi connectivity index (χ3n) is 18.7. The van der Waals surface area contributed by atoms with Crippen molar-refractivity contribution in [2.45, 2.75) is 71.6 Å². The van der Waals surface area contributed by atoms with E-state index in [0.717, 1.165) is 56.2 Å². The number of aromatic nitrogens is 2. The zero-order valence-corrected chi connectivity index (χ0v) is 49.5. The van der Waals surface area contributed by atoms with Crippen LogP contribution in [0.25, 0.3) is 79.5 Å². The summed E-state index contributed by atoms with van der Waals surface area (Å²) in [6, 6.07) is 84.8. The molecule has 0 saturated carbocycles. The lowest BCUT2D eigenvalue weighted by Gasteiger charge is -2.27. The number of rotatable bonds is 10. The number of aryl methyl sites for hydroxylation is 2. The molecule has 0 atom stereocenters. The van der Waals surface area contributed by atoms with Crippen LogP contribution in [-0.4, -0.2) is 9.97 Å². The molecule has 0 unspecified atom stereocenters. The lowest BCUT2D eigenvalue weighted by atomic mass is 9.81. The van der Waals surface area contributed by atoms with Crippen LogP contribution in [0, 0.1) is 13.8 Å². The quantitative estimate of drug-likeness (QED) is 0.128. The van der Waals surface area contributed by atoms with E-state index in [4.69, 9.17) is 9.97 Å². The first kappa shape index (κ1) is 51.9. The number of nitrogens with zero attached hydrogens (tertiary/aromatic N) is 4. The Morgan fingerprint density at radius 1 is 0.282 bits per heavy atom. The largest absolute Gasteiger partial charge is 0.295 e. The van der Waals surface area contributed by atoms with Gasteiger partial charge in [0.1, 0.15) is 11.6 Å². The molecule has 15 rings (SSSR count). The first-order chi connectivity index (χ1) is 41.1. The first-order valence-electron chi connectivity index (χ1n) is 29.9.